The van der Waals surface area contributed by atoms with E-state index in [1.807, 2.05) is 24.3 Å². The minimum absolute atomic E-state index is 0.0907. The highest BCUT2D eigenvalue weighted by Gasteiger charge is 2.27. The first-order valence-electron chi connectivity index (χ1n) is 8.85. The first-order valence-corrected chi connectivity index (χ1v) is 9.23. The van der Waals surface area contributed by atoms with Gasteiger partial charge in [0.1, 0.15) is 6.23 Å². The molecule has 2 unspecified atom stereocenters. The van der Waals surface area contributed by atoms with Gasteiger partial charge in [-0.1, -0.05) is 61.0 Å². The monoisotopic (exact) mass is 343 g/mol. The van der Waals surface area contributed by atoms with E-state index < -0.39 is 6.23 Å². The second-order valence-corrected chi connectivity index (χ2v) is 7.36. The summed E-state index contributed by atoms with van der Waals surface area (Å²) in [5, 5.41) is 11.5. The molecule has 1 fully saturated rings. The van der Waals surface area contributed by atoms with Crippen LogP contribution in [0.5, 0.6) is 0 Å². The molecule has 0 bridgehead atoms. The third kappa shape index (κ3) is 4.38. The number of benzene rings is 2. The van der Waals surface area contributed by atoms with E-state index in [2.05, 4.69) is 42.2 Å². The van der Waals surface area contributed by atoms with Crippen LogP contribution in [0.25, 0.3) is 0 Å². The minimum atomic E-state index is -0.427. The summed E-state index contributed by atoms with van der Waals surface area (Å²) in [5.41, 5.74) is 2.56. The van der Waals surface area contributed by atoms with Gasteiger partial charge in [0.15, 0.2) is 0 Å². The van der Waals surface area contributed by atoms with Gasteiger partial charge in [-0.05, 0) is 48.4 Å². The topological polar surface area (TPSA) is 23.5 Å². The fourth-order valence-electron chi connectivity index (χ4n) is 3.62. The molecule has 1 saturated heterocycles. The molecular weight excluding hydrogens is 318 g/mol. The Bertz CT molecular complexity index is 620. The van der Waals surface area contributed by atoms with Crippen LogP contribution in [0, 0.1) is 5.92 Å². The molecule has 0 amide bonds. The third-order valence-electron chi connectivity index (χ3n) is 5.23. The van der Waals surface area contributed by atoms with Crippen LogP contribution in [0.3, 0.4) is 0 Å². The Morgan fingerprint density at radius 1 is 1.04 bits per heavy atom. The van der Waals surface area contributed by atoms with Gasteiger partial charge in [0.2, 0.25) is 0 Å². The number of halogens is 1. The lowest BCUT2D eigenvalue weighted by atomic mass is 9.89. The van der Waals surface area contributed by atoms with Crippen LogP contribution in [0.4, 0.5) is 0 Å². The van der Waals surface area contributed by atoms with Crippen LogP contribution in [0.2, 0.25) is 5.02 Å². The third-order valence-corrected chi connectivity index (χ3v) is 5.49. The molecule has 2 nitrogen and oxygen atoms in total. The van der Waals surface area contributed by atoms with Crippen molar-refractivity contribution in [2.24, 2.45) is 5.92 Å². The highest BCUT2D eigenvalue weighted by atomic mass is 35.5. The van der Waals surface area contributed by atoms with Gasteiger partial charge in [-0.2, -0.15) is 0 Å². The standard InChI is InChI=1S/C21H26ClNO/c1-16(19-7-9-20(22)10-8-19)21(24)23-13-11-18(12-14-23)15-17-5-3-2-4-6-17/h2-10,16,18,21,24H,11-15H2,1H3. The Morgan fingerprint density at radius 2 is 1.67 bits per heavy atom. The first kappa shape index (κ1) is 17.5. The van der Waals surface area contributed by atoms with E-state index in [1.54, 1.807) is 0 Å². The van der Waals surface area contributed by atoms with E-state index in [1.165, 1.54) is 5.56 Å². The number of hydrogen-bond donors (Lipinski definition) is 1. The lowest BCUT2D eigenvalue weighted by Gasteiger charge is -2.37. The lowest BCUT2D eigenvalue weighted by Crippen LogP contribution is -2.44. The molecule has 1 aliphatic rings. The Hall–Kier alpha value is -1.35. The van der Waals surface area contributed by atoms with Gasteiger partial charge in [-0.3, -0.25) is 4.90 Å². The molecule has 24 heavy (non-hydrogen) atoms. The summed E-state index contributed by atoms with van der Waals surface area (Å²) in [6, 6.07) is 18.5. The zero-order valence-corrected chi connectivity index (χ0v) is 15.0. The molecule has 2 aromatic carbocycles. The summed E-state index contributed by atoms with van der Waals surface area (Å²) in [7, 11) is 0. The Labute approximate surface area is 150 Å². The predicted molar refractivity (Wildman–Crippen MR) is 100 cm³/mol. The average Bonchev–Trinajstić information content (AvgIpc) is 2.63. The molecule has 2 aromatic rings. The number of piperidine rings is 1. The van der Waals surface area contributed by atoms with Crippen molar-refractivity contribution in [1.82, 2.24) is 4.90 Å². The van der Waals surface area contributed by atoms with Gasteiger partial charge >= 0.3 is 0 Å². The number of nitrogens with zero attached hydrogens (tertiary/aromatic N) is 1. The Morgan fingerprint density at radius 3 is 2.29 bits per heavy atom. The summed E-state index contributed by atoms with van der Waals surface area (Å²) >= 11 is 5.95. The molecule has 1 heterocycles. The van der Waals surface area contributed by atoms with Crippen LogP contribution in [-0.2, 0) is 6.42 Å². The maximum Gasteiger partial charge on any atom is 0.114 e. The highest BCUT2D eigenvalue weighted by Crippen LogP contribution is 2.28. The number of aliphatic hydroxyl groups is 1. The van der Waals surface area contributed by atoms with Crippen LogP contribution in [-0.4, -0.2) is 29.3 Å². The van der Waals surface area contributed by atoms with Crippen molar-refractivity contribution in [2.75, 3.05) is 13.1 Å². The fourth-order valence-corrected chi connectivity index (χ4v) is 3.75. The van der Waals surface area contributed by atoms with Crippen LogP contribution in [0.15, 0.2) is 54.6 Å². The van der Waals surface area contributed by atoms with E-state index in [0.29, 0.717) is 0 Å². The summed E-state index contributed by atoms with van der Waals surface area (Å²) in [6.45, 7) is 4.02. The number of rotatable bonds is 5. The number of aliphatic hydroxyl groups excluding tert-OH is 1. The van der Waals surface area contributed by atoms with Crippen molar-refractivity contribution < 1.29 is 5.11 Å². The molecule has 0 aliphatic carbocycles. The summed E-state index contributed by atoms with van der Waals surface area (Å²) in [4.78, 5) is 2.22. The van der Waals surface area contributed by atoms with Gasteiger partial charge in [-0.15, -0.1) is 0 Å². The molecule has 0 radical (unpaired) electrons. The van der Waals surface area contributed by atoms with Gasteiger partial charge in [-0.25, -0.2) is 0 Å². The molecule has 0 saturated carbocycles. The van der Waals surface area contributed by atoms with Crippen molar-refractivity contribution in [3.8, 4) is 0 Å². The lowest BCUT2D eigenvalue weighted by molar-refractivity contribution is -0.0313. The van der Waals surface area contributed by atoms with E-state index >= 15 is 0 Å². The first-order chi connectivity index (χ1) is 11.6. The van der Waals surface area contributed by atoms with E-state index in [9.17, 15) is 5.11 Å². The number of hydrogen-bond acceptors (Lipinski definition) is 2. The summed E-state index contributed by atoms with van der Waals surface area (Å²) < 4.78 is 0. The van der Waals surface area contributed by atoms with Crippen molar-refractivity contribution in [3.05, 3.63) is 70.7 Å². The van der Waals surface area contributed by atoms with Crippen molar-refractivity contribution in [1.29, 1.82) is 0 Å². The van der Waals surface area contributed by atoms with Crippen molar-refractivity contribution >= 4 is 11.6 Å². The Kier molecular flexibility index (Phi) is 5.94. The zero-order chi connectivity index (χ0) is 16.9. The predicted octanol–water partition coefficient (Wildman–Crippen LogP) is 4.72. The summed E-state index contributed by atoms with van der Waals surface area (Å²) in [5.74, 6) is 0.814. The molecule has 0 spiro atoms. The summed E-state index contributed by atoms with van der Waals surface area (Å²) in [6.07, 6.45) is 3.03. The van der Waals surface area contributed by atoms with Crippen molar-refractivity contribution in [2.45, 2.75) is 38.3 Å². The number of likely N-dealkylation sites (tertiary alicyclic amines) is 1. The van der Waals surface area contributed by atoms with Gasteiger partial charge in [0.05, 0.1) is 0 Å². The van der Waals surface area contributed by atoms with E-state index in [0.717, 1.165) is 48.9 Å². The molecule has 3 heteroatoms. The largest absolute Gasteiger partial charge is 0.378 e. The molecule has 1 N–H and O–H groups in total. The van der Waals surface area contributed by atoms with Gasteiger partial charge < -0.3 is 5.11 Å². The van der Waals surface area contributed by atoms with Crippen LogP contribution < -0.4 is 0 Å². The molecule has 1 aliphatic heterocycles. The second-order valence-electron chi connectivity index (χ2n) is 6.92. The maximum atomic E-state index is 10.7. The van der Waals surface area contributed by atoms with Crippen molar-refractivity contribution in [3.63, 3.8) is 0 Å². The van der Waals surface area contributed by atoms with Gasteiger partial charge in [0.25, 0.3) is 0 Å². The average molecular weight is 344 g/mol. The Balaban J connectivity index is 1.53. The maximum absolute atomic E-state index is 10.7. The molecule has 3 rings (SSSR count). The molecule has 0 aromatic heterocycles. The van der Waals surface area contributed by atoms with Gasteiger partial charge in [0, 0.05) is 24.0 Å². The molecular formula is C21H26ClNO. The quantitative estimate of drug-likeness (QED) is 0.849. The molecule has 2 atom stereocenters. The normalized spacial score (nSPS) is 19.1. The smallest absolute Gasteiger partial charge is 0.114 e. The van der Waals surface area contributed by atoms with Crippen LogP contribution in [0.1, 0.15) is 36.8 Å². The SMILES string of the molecule is CC(c1ccc(Cl)cc1)C(O)N1CCC(Cc2ccccc2)CC1. The fraction of sp³-hybridized carbons (Fsp3) is 0.429. The van der Waals surface area contributed by atoms with E-state index in [4.69, 9.17) is 11.6 Å². The zero-order valence-electron chi connectivity index (χ0n) is 14.2. The molecule has 128 valence electrons. The highest BCUT2D eigenvalue weighted by molar-refractivity contribution is 6.30. The second kappa shape index (κ2) is 8.15. The minimum Gasteiger partial charge on any atom is -0.378 e. The van der Waals surface area contributed by atoms with E-state index in [-0.39, 0.29) is 5.92 Å². The van der Waals surface area contributed by atoms with Crippen LogP contribution >= 0.6 is 11.6 Å².